The number of hydrogen-bond donors (Lipinski definition) is 2. The monoisotopic (exact) mass is 354 g/mol. The van der Waals surface area contributed by atoms with Crippen LogP contribution in [0.1, 0.15) is 49.9 Å². The van der Waals surface area contributed by atoms with Gasteiger partial charge in [0.25, 0.3) is 0 Å². The first-order valence-electron chi connectivity index (χ1n) is 7.85. The number of nitrogens with one attached hydrogen (secondary N) is 2. The number of ether oxygens (including phenoxy) is 1. The average molecular weight is 355 g/mol. The molecule has 0 atom stereocenters. The van der Waals surface area contributed by atoms with Crippen molar-refractivity contribution in [2.24, 2.45) is 5.92 Å². The van der Waals surface area contributed by atoms with Crippen molar-refractivity contribution >= 4 is 40.6 Å². The van der Waals surface area contributed by atoms with Crippen LogP contribution in [0.4, 0.5) is 5.69 Å². The molecule has 23 heavy (non-hydrogen) atoms. The van der Waals surface area contributed by atoms with Gasteiger partial charge in [-0.05, 0) is 49.2 Å². The van der Waals surface area contributed by atoms with E-state index in [0.29, 0.717) is 27.3 Å². The predicted octanol–water partition coefficient (Wildman–Crippen LogP) is 4.38. The van der Waals surface area contributed by atoms with Gasteiger partial charge in [-0.25, -0.2) is 4.79 Å². The van der Waals surface area contributed by atoms with Gasteiger partial charge >= 0.3 is 5.97 Å². The number of carbonyl (C=O) groups excluding carboxylic acids is 1. The van der Waals surface area contributed by atoms with Gasteiger partial charge in [0.2, 0.25) is 0 Å². The molecule has 1 aromatic carbocycles. The Morgan fingerprint density at radius 3 is 2.57 bits per heavy atom. The number of rotatable bonds is 4. The SMILES string of the molecule is COC(=O)c1cc(NC(=S)NC2(C(C)C)CCCC2)ccc1Cl. The molecule has 1 aliphatic carbocycles. The summed E-state index contributed by atoms with van der Waals surface area (Å²) in [5.41, 5.74) is 1.09. The zero-order valence-electron chi connectivity index (χ0n) is 13.7. The van der Waals surface area contributed by atoms with Crippen molar-refractivity contribution in [2.45, 2.75) is 45.1 Å². The molecule has 0 saturated heterocycles. The smallest absolute Gasteiger partial charge is 0.339 e. The molecule has 2 rings (SSSR count). The van der Waals surface area contributed by atoms with Crippen molar-refractivity contribution in [3.63, 3.8) is 0 Å². The Morgan fingerprint density at radius 2 is 2.00 bits per heavy atom. The summed E-state index contributed by atoms with van der Waals surface area (Å²) in [7, 11) is 1.33. The molecule has 0 unspecified atom stereocenters. The Balaban J connectivity index is 2.10. The molecule has 1 aliphatic rings. The second kappa shape index (κ2) is 7.49. The first kappa shape index (κ1) is 18.0. The summed E-state index contributed by atoms with van der Waals surface area (Å²) in [6.07, 6.45) is 4.70. The fourth-order valence-corrected chi connectivity index (χ4v) is 3.63. The highest BCUT2D eigenvalue weighted by molar-refractivity contribution is 7.80. The van der Waals surface area contributed by atoms with Gasteiger partial charge in [0.05, 0.1) is 17.7 Å². The van der Waals surface area contributed by atoms with E-state index < -0.39 is 5.97 Å². The fraction of sp³-hybridized carbons (Fsp3) is 0.529. The standard InChI is InChI=1S/C17H23ClN2O2S/c1-11(2)17(8-4-5-9-17)20-16(23)19-12-6-7-14(18)13(10-12)15(21)22-3/h6-7,10-11H,4-5,8-9H2,1-3H3,(H2,19,20,23). The van der Waals surface area contributed by atoms with E-state index in [4.69, 9.17) is 28.6 Å². The van der Waals surface area contributed by atoms with Crippen LogP contribution in [0.25, 0.3) is 0 Å². The molecule has 0 radical (unpaired) electrons. The van der Waals surface area contributed by atoms with Crippen molar-refractivity contribution in [2.75, 3.05) is 12.4 Å². The zero-order valence-corrected chi connectivity index (χ0v) is 15.3. The molecule has 0 amide bonds. The highest BCUT2D eigenvalue weighted by Crippen LogP contribution is 2.36. The first-order valence-corrected chi connectivity index (χ1v) is 8.63. The van der Waals surface area contributed by atoms with E-state index in [1.54, 1.807) is 18.2 Å². The molecule has 0 bridgehead atoms. The summed E-state index contributed by atoms with van der Waals surface area (Å²) in [5.74, 6) is 0.0348. The largest absolute Gasteiger partial charge is 0.465 e. The summed E-state index contributed by atoms with van der Waals surface area (Å²) < 4.78 is 4.73. The van der Waals surface area contributed by atoms with E-state index in [1.165, 1.54) is 20.0 Å². The van der Waals surface area contributed by atoms with Crippen LogP contribution in [-0.2, 0) is 4.74 Å². The van der Waals surface area contributed by atoms with Crippen LogP contribution in [0, 0.1) is 5.92 Å². The van der Waals surface area contributed by atoms with E-state index in [-0.39, 0.29) is 5.54 Å². The molecule has 0 aliphatic heterocycles. The number of anilines is 1. The van der Waals surface area contributed by atoms with Crippen LogP contribution in [0.15, 0.2) is 18.2 Å². The molecule has 126 valence electrons. The third-order valence-corrected chi connectivity index (χ3v) is 5.13. The first-order chi connectivity index (χ1) is 10.9. The summed E-state index contributed by atoms with van der Waals surface area (Å²) in [4.78, 5) is 11.7. The summed E-state index contributed by atoms with van der Waals surface area (Å²) in [6, 6.07) is 5.10. The molecule has 1 fully saturated rings. The number of esters is 1. The van der Waals surface area contributed by atoms with Crippen LogP contribution in [0.3, 0.4) is 0 Å². The molecule has 1 saturated carbocycles. The van der Waals surface area contributed by atoms with Crippen molar-refractivity contribution in [1.82, 2.24) is 5.32 Å². The molecule has 0 spiro atoms. The maximum atomic E-state index is 11.7. The van der Waals surface area contributed by atoms with Gasteiger partial charge in [-0.3, -0.25) is 0 Å². The summed E-state index contributed by atoms with van der Waals surface area (Å²) in [6.45, 7) is 4.44. The summed E-state index contributed by atoms with van der Waals surface area (Å²) >= 11 is 11.5. The van der Waals surface area contributed by atoms with Crippen molar-refractivity contribution in [3.8, 4) is 0 Å². The maximum Gasteiger partial charge on any atom is 0.339 e. The molecular weight excluding hydrogens is 332 g/mol. The minimum Gasteiger partial charge on any atom is -0.465 e. The highest BCUT2D eigenvalue weighted by atomic mass is 35.5. The lowest BCUT2D eigenvalue weighted by Crippen LogP contribution is -2.51. The van der Waals surface area contributed by atoms with Gasteiger partial charge in [-0.15, -0.1) is 0 Å². The molecule has 1 aromatic rings. The van der Waals surface area contributed by atoms with E-state index in [9.17, 15) is 4.79 Å². The van der Waals surface area contributed by atoms with Crippen LogP contribution < -0.4 is 10.6 Å². The topological polar surface area (TPSA) is 50.4 Å². The van der Waals surface area contributed by atoms with E-state index in [2.05, 4.69) is 24.5 Å². The Kier molecular flexibility index (Phi) is 5.87. The highest BCUT2D eigenvalue weighted by Gasteiger charge is 2.37. The van der Waals surface area contributed by atoms with Crippen molar-refractivity contribution < 1.29 is 9.53 Å². The van der Waals surface area contributed by atoms with E-state index in [0.717, 1.165) is 12.8 Å². The minimum atomic E-state index is -0.466. The third kappa shape index (κ3) is 4.15. The molecule has 4 nitrogen and oxygen atoms in total. The van der Waals surface area contributed by atoms with Gasteiger partial charge < -0.3 is 15.4 Å². The maximum absolute atomic E-state index is 11.7. The fourth-order valence-electron chi connectivity index (χ4n) is 3.11. The number of methoxy groups -OCH3 is 1. The van der Waals surface area contributed by atoms with Crippen LogP contribution >= 0.6 is 23.8 Å². The van der Waals surface area contributed by atoms with Crippen molar-refractivity contribution in [1.29, 1.82) is 0 Å². The number of benzene rings is 1. The van der Waals surface area contributed by atoms with Crippen LogP contribution in [-0.4, -0.2) is 23.7 Å². The lowest BCUT2D eigenvalue weighted by molar-refractivity contribution is 0.0601. The van der Waals surface area contributed by atoms with Crippen LogP contribution in [0.5, 0.6) is 0 Å². The van der Waals surface area contributed by atoms with Crippen LogP contribution in [0.2, 0.25) is 5.02 Å². The lowest BCUT2D eigenvalue weighted by atomic mass is 9.85. The molecule has 0 aromatic heterocycles. The summed E-state index contributed by atoms with van der Waals surface area (Å²) in [5, 5.41) is 7.56. The molecule has 6 heteroatoms. The quantitative estimate of drug-likeness (QED) is 0.620. The van der Waals surface area contributed by atoms with Gasteiger partial charge in [0, 0.05) is 11.2 Å². The normalized spacial score (nSPS) is 16.2. The molecule has 0 heterocycles. The van der Waals surface area contributed by atoms with E-state index in [1.807, 2.05) is 0 Å². The minimum absolute atomic E-state index is 0.0572. The Morgan fingerprint density at radius 1 is 1.35 bits per heavy atom. The second-order valence-electron chi connectivity index (χ2n) is 6.28. The van der Waals surface area contributed by atoms with Gasteiger partial charge in [-0.2, -0.15) is 0 Å². The third-order valence-electron chi connectivity index (χ3n) is 4.59. The molecular formula is C17H23ClN2O2S. The zero-order chi connectivity index (χ0) is 17.0. The Labute approximate surface area is 147 Å². The Hall–Kier alpha value is -1.33. The number of carbonyl (C=O) groups is 1. The average Bonchev–Trinajstić information content (AvgIpc) is 2.98. The number of hydrogen-bond acceptors (Lipinski definition) is 3. The predicted molar refractivity (Wildman–Crippen MR) is 98.2 cm³/mol. The van der Waals surface area contributed by atoms with Crippen molar-refractivity contribution in [3.05, 3.63) is 28.8 Å². The van der Waals surface area contributed by atoms with Gasteiger partial charge in [0.15, 0.2) is 5.11 Å². The van der Waals surface area contributed by atoms with E-state index >= 15 is 0 Å². The van der Waals surface area contributed by atoms with Gasteiger partial charge in [0.1, 0.15) is 0 Å². The number of halogens is 1. The molecule has 2 N–H and O–H groups in total. The van der Waals surface area contributed by atoms with Gasteiger partial charge in [-0.1, -0.05) is 38.3 Å². The number of thiocarbonyl (C=S) groups is 1. The Bertz CT molecular complexity index is 598. The second-order valence-corrected chi connectivity index (χ2v) is 7.10. The lowest BCUT2D eigenvalue weighted by Gasteiger charge is -2.35.